The fraction of sp³-hybridized carbons (Fsp3) is 0.571. The van der Waals surface area contributed by atoms with Crippen molar-refractivity contribution in [3.8, 4) is 11.5 Å². The van der Waals surface area contributed by atoms with Crippen LogP contribution in [0.15, 0.2) is 12.1 Å². The Morgan fingerprint density at radius 3 is 2.21 bits per heavy atom. The fourth-order valence-electron chi connectivity index (χ4n) is 2.77. The van der Waals surface area contributed by atoms with Crippen molar-refractivity contribution in [2.24, 2.45) is 0 Å². The minimum absolute atomic E-state index is 0.00466. The molecule has 1 atom stereocenters. The van der Waals surface area contributed by atoms with Crippen molar-refractivity contribution in [2.45, 2.75) is 25.3 Å². The van der Waals surface area contributed by atoms with E-state index in [4.69, 9.17) is 0 Å². The van der Waals surface area contributed by atoms with Crippen molar-refractivity contribution in [2.75, 3.05) is 23.7 Å². The number of aryl methyl sites for hydroxylation is 1. The third-order valence-corrected chi connectivity index (χ3v) is 4.47. The number of alkyl halides is 2. The molecule has 0 bridgehead atoms. The largest absolute Gasteiger partial charge is 0.504 e. The molecular weight excluding hydrogens is 374 g/mol. The Kier molecular flexibility index (Phi) is 5.54. The van der Waals surface area contributed by atoms with E-state index in [1.165, 1.54) is 11.1 Å². The van der Waals surface area contributed by atoms with Crippen LogP contribution < -0.4 is 0 Å². The van der Waals surface area contributed by atoms with Crippen LogP contribution in [0, 0.1) is 0 Å². The highest BCUT2D eigenvalue weighted by Crippen LogP contribution is 2.33. The number of rotatable bonds is 5. The first-order chi connectivity index (χ1) is 9.15. The van der Waals surface area contributed by atoms with Crippen molar-refractivity contribution in [3.05, 3.63) is 23.3 Å². The lowest BCUT2D eigenvalue weighted by molar-refractivity contribution is 0.203. The van der Waals surface area contributed by atoms with Gasteiger partial charge in [0.25, 0.3) is 0 Å². The standard InChI is InChI=1S/C14H19Br2NO2/c15-3-5-17(6-4-16)12-2-1-10-8-13(18)14(19)9-11(10)7-12/h8-9,12,18-19H,1-7H2. The maximum atomic E-state index is 9.63. The molecule has 3 nitrogen and oxygen atoms in total. The van der Waals surface area contributed by atoms with Gasteiger partial charge in [-0.1, -0.05) is 31.9 Å². The summed E-state index contributed by atoms with van der Waals surface area (Å²) in [4.78, 5) is 2.48. The average molecular weight is 393 g/mol. The molecule has 1 aromatic carbocycles. The van der Waals surface area contributed by atoms with E-state index in [2.05, 4.69) is 36.8 Å². The van der Waals surface area contributed by atoms with Crippen LogP contribution in [0.1, 0.15) is 17.5 Å². The summed E-state index contributed by atoms with van der Waals surface area (Å²) >= 11 is 7.02. The molecule has 1 aliphatic carbocycles. The van der Waals surface area contributed by atoms with Gasteiger partial charge in [0.1, 0.15) is 0 Å². The molecule has 106 valence electrons. The van der Waals surface area contributed by atoms with Crippen LogP contribution in [0.25, 0.3) is 0 Å². The van der Waals surface area contributed by atoms with E-state index in [1.807, 2.05) is 0 Å². The number of phenols is 2. The van der Waals surface area contributed by atoms with Crippen LogP contribution in [0.5, 0.6) is 11.5 Å². The zero-order valence-corrected chi connectivity index (χ0v) is 14.0. The molecule has 0 aliphatic heterocycles. The minimum atomic E-state index is -0.00747. The molecule has 2 rings (SSSR count). The van der Waals surface area contributed by atoms with E-state index in [9.17, 15) is 10.2 Å². The lowest BCUT2D eigenvalue weighted by Gasteiger charge is -2.34. The Hall–Kier alpha value is -0.260. The van der Waals surface area contributed by atoms with Crippen molar-refractivity contribution in [3.63, 3.8) is 0 Å². The minimum Gasteiger partial charge on any atom is -0.504 e. The van der Waals surface area contributed by atoms with Crippen LogP contribution in [0.3, 0.4) is 0 Å². The van der Waals surface area contributed by atoms with Gasteiger partial charge in [-0.05, 0) is 42.5 Å². The number of nitrogens with zero attached hydrogens (tertiary/aromatic N) is 1. The zero-order valence-electron chi connectivity index (χ0n) is 10.8. The van der Waals surface area contributed by atoms with Crippen LogP contribution >= 0.6 is 31.9 Å². The molecule has 5 heteroatoms. The molecule has 0 heterocycles. The molecular formula is C14H19Br2NO2. The second kappa shape index (κ2) is 6.95. The lowest BCUT2D eigenvalue weighted by atomic mass is 9.87. The number of halogens is 2. The van der Waals surface area contributed by atoms with Gasteiger partial charge < -0.3 is 10.2 Å². The van der Waals surface area contributed by atoms with Crippen LogP contribution in [-0.2, 0) is 12.8 Å². The monoisotopic (exact) mass is 391 g/mol. The van der Waals surface area contributed by atoms with Gasteiger partial charge in [0, 0.05) is 29.8 Å². The van der Waals surface area contributed by atoms with Gasteiger partial charge >= 0.3 is 0 Å². The maximum Gasteiger partial charge on any atom is 0.157 e. The third-order valence-electron chi connectivity index (χ3n) is 3.76. The van der Waals surface area contributed by atoms with E-state index < -0.39 is 0 Å². The number of hydrogen-bond donors (Lipinski definition) is 2. The van der Waals surface area contributed by atoms with Crippen LogP contribution in [0.4, 0.5) is 0 Å². The van der Waals surface area contributed by atoms with E-state index in [1.54, 1.807) is 12.1 Å². The van der Waals surface area contributed by atoms with E-state index in [0.717, 1.165) is 43.0 Å². The fourth-order valence-corrected chi connectivity index (χ4v) is 3.68. The molecule has 1 unspecified atom stereocenters. The number of fused-ring (bicyclic) bond motifs is 1. The second-order valence-electron chi connectivity index (χ2n) is 4.92. The first-order valence-corrected chi connectivity index (χ1v) is 8.79. The lowest BCUT2D eigenvalue weighted by Crippen LogP contribution is -2.41. The molecule has 19 heavy (non-hydrogen) atoms. The van der Waals surface area contributed by atoms with Crippen LogP contribution in [-0.4, -0.2) is 44.9 Å². The molecule has 2 N–H and O–H groups in total. The highest BCUT2D eigenvalue weighted by Gasteiger charge is 2.24. The quantitative estimate of drug-likeness (QED) is 0.597. The molecule has 0 aromatic heterocycles. The topological polar surface area (TPSA) is 43.7 Å². The maximum absolute atomic E-state index is 9.63. The van der Waals surface area contributed by atoms with Gasteiger partial charge in [-0.3, -0.25) is 4.90 Å². The van der Waals surface area contributed by atoms with E-state index in [-0.39, 0.29) is 11.5 Å². The van der Waals surface area contributed by atoms with Crippen molar-refractivity contribution in [1.82, 2.24) is 4.90 Å². The summed E-state index contributed by atoms with van der Waals surface area (Å²) in [5.74, 6) is -0.0121. The summed E-state index contributed by atoms with van der Waals surface area (Å²) in [6, 6.07) is 3.95. The number of aromatic hydroxyl groups is 2. The highest BCUT2D eigenvalue weighted by molar-refractivity contribution is 9.09. The molecule has 0 saturated heterocycles. The SMILES string of the molecule is Oc1cc2c(cc1O)CC(N(CCBr)CCBr)CC2. The molecule has 1 aliphatic rings. The number of phenolic OH excluding ortho intramolecular Hbond substituents is 2. The number of benzene rings is 1. The summed E-state index contributed by atoms with van der Waals surface area (Å²) in [6.07, 6.45) is 3.02. The first kappa shape index (κ1) is 15.1. The predicted octanol–water partition coefficient (Wildman–Crippen LogP) is 3.05. The molecule has 0 spiro atoms. The summed E-state index contributed by atoms with van der Waals surface area (Å²) in [7, 11) is 0. The van der Waals surface area contributed by atoms with Gasteiger partial charge in [-0.15, -0.1) is 0 Å². The average Bonchev–Trinajstić information content (AvgIpc) is 2.39. The molecule has 0 saturated carbocycles. The Morgan fingerprint density at radius 1 is 1.05 bits per heavy atom. The Morgan fingerprint density at radius 2 is 1.63 bits per heavy atom. The van der Waals surface area contributed by atoms with Gasteiger partial charge in [0.15, 0.2) is 11.5 Å². The van der Waals surface area contributed by atoms with E-state index in [0.29, 0.717) is 6.04 Å². The van der Waals surface area contributed by atoms with Crippen molar-refractivity contribution in [1.29, 1.82) is 0 Å². The molecule has 0 radical (unpaired) electrons. The van der Waals surface area contributed by atoms with E-state index >= 15 is 0 Å². The zero-order chi connectivity index (χ0) is 13.8. The van der Waals surface area contributed by atoms with Gasteiger partial charge in [0.05, 0.1) is 0 Å². The summed E-state index contributed by atoms with van der Waals surface area (Å²) in [5.41, 5.74) is 2.34. The smallest absolute Gasteiger partial charge is 0.157 e. The van der Waals surface area contributed by atoms with Crippen molar-refractivity contribution >= 4 is 31.9 Å². The normalized spacial score (nSPS) is 18.6. The van der Waals surface area contributed by atoms with Gasteiger partial charge in [-0.25, -0.2) is 0 Å². The molecule has 0 amide bonds. The summed E-state index contributed by atoms with van der Waals surface area (Å²) in [6.45, 7) is 2.07. The van der Waals surface area contributed by atoms with Gasteiger partial charge in [-0.2, -0.15) is 0 Å². The number of hydrogen-bond acceptors (Lipinski definition) is 3. The Balaban J connectivity index is 2.14. The summed E-state index contributed by atoms with van der Waals surface area (Å²) in [5, 5.41) is 21.1. The Bertz CT molecular complexity index is 434. The Labute approximate surface area is 130 Å². The summed E-state index contributed by atoms with van der Waals surface area (Å²) < 4.78 is 0. The third kappa shape index (κ3) is 3.64. The van der Waals surface area contributed by atoms with Gasteiger partial charge in [0.2, 0.25) is 0 Å². The van der Waals surface area contributed by atoms with Crippen LogP contribution in [0.2, 0.25) is 0 Å². The highest BCUT2D eigenvalue weighted by atomic mass is 79.9. The van der Waals surface area contributed by atoms with Crippen molar-refractivity contribution < 1.29 is 10.2 Å². The molecule has 0 fully saturated rings. The second-order valence-corrected chi connectivity index (χ2v) is 6.51. The predicted molar refractivity (Wildman–Crippen MR) is 84.7 cm³/mol. The first-order valence-electron chi connectivity index (χ1n) is 6.55. The molecule has 1 aromatic rings.